The van der Waals surface area contributed by atoms with E-state index in [1.807, 2.05) is 35.4 Å². The van der Waals surface area contributed by atoms with Crippen LogP contribution < -0.4 is 5.73 Å². The topological polar surface area (TPSA) is 89.4 Å². The highest BCUT2D eigenvalue weighted by molar-refractivity contribution is 5.85. The summed E-state index contributed by atoms with van der Waals surface area (Å²) in [6.45, 7) is 4.93. The number of likely N-dealkylation sites (tertiary alicyclic amines) is 1. The zero-order valence-corrected chi connectivity index (χ0v) is 15.7. The van der Waals surface area contributed by atoms with E-state index in [2.05, 4.69) is 10.1 Å². The molecule has 4 heterocycles. The third kappa shape index (κ3) is 3.42. The van der Waals surface area contributed by atoms with E-state index < -0.39 is 5.54 Å². The number of carbonyl (C=O) groups excluding carboxylic acids is 1. The highest BCUT2D eigenvalue weighted by atomic mass is 16.2. The molecule has 2 N–H and O–H groups in total. The van der Waals surface area contributed by atoms with E-state index in [0.717, 1.165) is 42.0 Å². The molecule has 1 fully saturated rings. The van der Waals surface area contributed by atoms with Gasteiger partial charge in [-0.2, -0.15) is 5.10 Å². The minimum absolute atomic E-state index is 0.00446. The Hall–Kier alpha value is -2.80. The van der Waals surface area contributed by atoms with Gasteiger partial charge in [0.05, 0.1) is 23.0 Å². The summed E-state index contributed by atoms with van der Waals surface area (Å²) in [6, 6.07) is 7.87. The number of amides is 1. The standard InChI is InChI=1S/C20H24N6O/c1-20(2,21)19(27)25-10-4-6-14(13-25)16-7-3-8-17(24-16)15-12-23-26-11-5-9-22-18(15)26/h3,5,7-9,11-12,14H,4,6,10,13,21H2,1-2H3. The van der Waals surface area contributed by atoms with Gasteiger partial charge in [0, 0.05) is 37.1 Å². The zero-order chi connectivity index (χ0) is 19.0. The first-order valence-corrected chi connectivity index (χ1v) is 9.27. The van der Waals surface area contributed by atoms with Gasteiger partial charge in [0.25, 0.3) is 0 Å². The number of aromatic nitrogens is 4. The minimum atomic E-state index is -0.847. The monoisotopic (exact) mass is 364 g/mol. The molecule has 1 amide bonds. The molecule has 1 saturated heterocycles. The molecule has 3 aromatic rings. The Kier molecular flexibility index (Phi) is 4.39. The van der Waals surface area contributed by atoms with Crippen LogP contribution in [0.5, 0.6) is 0 Å². The Bertz CT molecular complexity index is 974. The summed E-state index contributed by atoms with van der Waals surface area (Å²) in [5.41, 5.74) is 8.70. The van der Waals surface area contributed by atoms with Crippen LogP contribution in [0.15, 0.2) is 42.9 Å². The molecule has 0 bridgehead atoms. The van der Waals surface area contributed by atoms with E-state index in [4.69, 9.17) is 10.7 Å². The van der Waals surface area contributed by atoms with Crippen LogP contribution >= 0.6 is 0 Å². The molecule has 1 aliphatic rings. The number of carbonyl (C=O) groups is 1. The molecule has 0 aromatic carbocycles. The highest BCUT2D eigenvalue weighted by Gasteiger charge is 2.32. The Morgan fingerprint density at radius 3 is 2.96 bits per heavy atom. The van der Waals surface area contributed by atoms with Crippen LogP contribution in [0.4, 0.5) is 0 Å². The van der Waals surface area contributed by atoms with Gasteiger partial charge < -0.3 is 10.6 Å². The molecule has 140 valence electrons. The van der Waals surface area contributed by atoms with Gasteiger partial charge in [-0.25, -0.2) is 9.50 Å². The van der Waals surface area contributed by atoms with Gasteiger partial charge in [0.15, 0.2) is 5.65 Å². The molecular weight excluding hydrogens is 340 g/mol. The van der Waals surface area contributed by atoms with Gasteiger partial charge in [-0.15, -0.1) is 0 Å². The fourth-order valence-corrected chi connectivity index (χ4v) is 3.65. The van der Waals surface area contributed by atoms with E-state index in [-0.39, 0.29) is 11.8 Å². The van der Waals surface area contributed by atoms with Gasteiger partial charge >= 0.3 is 0 Å². The normalized spacial score (nSPS) is 18.0. The van der Waals surface area contributed by atoms with Crippen molar-refractivity contribution in [1.82, 2.24) is 24.5 Å². The van der Waals surface area contributed by atoms with Crippen LogP contribution in [-0.4, -0.2) is 49.0 Å². The van der Waals surface area contributed by atoms with Crippen LogP contribution in [0, 0.1) is 0 Å². The van der Waals surface area contributed by atoms with Crippen molar-refractivity contribution in [2.45, 2.75) is 38.1 Å². The lowest BCUT2D eigenvalue weighted by molar-refractivity contribution is -0.137. The van der Waals surface area contributed by atoms with Crippen LogP contribution in [0.1, 0.15) is 38.3 Å². The molecular formula is C20H24N6O. The van der Waals surface area contributed by atoms with Crippen molar-refractivity contribution in [1.29, 1.82) is 0 Å². The number of nitrogens with two attached hydrogens (primary N) is 1. The number of hydrogen-bond acceptors (Lipinski definition) is 5. The molecule has 0 aliphatic carbocycles. The second-order valence-electron chi connectivity index (χ2n) is 7.71. The first-order chi connectivity index (χ1) is 12.9. The fraction of sp³-hybridized carbons (Fsp3) is 0.400. The van der Waals surface area contributed by atoms with Gasteiger partial charge in [-0.05, 0) is 44.9 Å². The Morgan fingerprint density at radius 1 is 1.30 bits per heavy atom. The lowest BCUT2D eigenvalue weighted by Crippen LogP contribution is -2.53. The summed E-state index contributed by atoms with van der Waals surface area (Å²) in [7, 11) is 0. The van der Waals surface area contributed by atoms with Crippen molar-refractivity contribution in [3.05, 3.63) is 48.5 Å². The first kappa shape index (κ1) is 17.6. The maximum Gasteiger partial charge on any atom is 0.242 e. The fourth-order valence-electron chi connectivity index (χ4n) is 3.65. The molecule has 1 unspecified atom stereocenters. The number of nitrogens with zero attached hydrogens (tertiary/aromatic N) is 5. The average molecular weight is 364 g/mol. The quantitative estimate of drug-likeness (QED) is 0.770. The molecule has 3 aromatic heterocycles. The van der Waals surface area contributed by atoms with Gasteiger partial charge in [-0.3, -0.25) is 9.78 Å². The molecule has 0 saturated carbocycles. The molecule has 7 nitrogen and oxygen atoms in total. The molecule has 7 heteroatoms. The van der Waals surface area contributed by atoms with Crippen molar-refractivity contribution in [2.24, 2.45) is 5.73 Å². The number of pyridine rings is 1. The van der Waals surface area contributed by atoms with Crippen LogP contribution in [0.2, 0.25) is 0 Å². The van der Waals surface area contributed by atoms with Crippen molar-refractivity contribution in [3.8, 4) is 11.3 Å². The Balaban J connectivity index is 1.62. The van der Waals surface area contributed by atoms with Gasteiger partial charge in [0.1, 0.15) is 0 Å². The Labute approximate surface area is 158 Å². The Morgan fingerprint density at radius 2 is 2.15 bits per heavy atom. The van der Waals surface area contributed by atoms with E-state index in [9.17, 15) is 4.79 Å². The van der Waals surface area contributed by atoms with Crippen molar-refractivity contribution >= 4 is 11.6 Å². The average Bonchev–Trinajstić information content (AvgIpc) is 3.11. The number of fused-ring (bicyclic) bond motifs is 1. The second-order valence-corrected chi connectivity index (χ2v) is 7.71. The lowest BCUT2D eigenvalue weighted by atomic mass is 9.92. The maximum absolute atomic E-state index is 12.6. The number of rotatable bonds is 3. The summed E-state index contributed by atoms with van der Waals surface area (Å²) < 4.78 is 1.74. The summed E-state index contributed by atoms with van der Waals surface area (Å²) >= 11 is 0. The van der Waals surface area contributed by atoms with Crippen molar-refractivity contribution in [2.75, 3.05) is 13.1 Å². The second kappa shape index (κ2) is 6.74. The summed E-state index contributed by atoms with van der Waals surface area (Å²) in [5, 5.41) is 4.35. The van der Waals surface area contributed by atoms with Crippen LogP contribution in [0.3, 0.4) is 0 Å². The molecule has 1 atom stereocenters. The smallest absolute Gasteiger partial charge is 0.242 e. The van der Waals surface area contributed by atoms with Crippen molar-refractivity contribution < 1.29 is 4.79 Å². The highest BCUT2D eigenvalue weighted by Crippen LogP contribution is 2.29. The van der Waals surface area contributed by atoms with E-state index in [1.165, 1.54) is 0 Å². The van der Waals surface area contributed by atoms with Gasteiger partial charge in [0.2, 0.25) is 5.91 Å². The minimum Gasteiger partial charge on any atom is -0.340 e. The van der Waals surface area contributed by atoms with E-state index >= 15 is 0 Å². The molecule has 0 spiro atoms. The van der Waals surface area contributed by atoms with Crippen LogP contribution in [0.25, 0.3) is 16.9 Å². The van der Waals surface area contributed by atoms with Crippen LogP contribution in [-0.2, 0) is 4.79 Å². The summed E-state index contributed by atoms with van der Waals surface area (Å²) in [5.74, 6) is 0.204. The molecule has 27 heavy (non-hydrogen) atoms. The number of hydrogen-bond donors (Lipinski definition) is 1. The first-order valence-electron chi connectivity index (χ1n) is 9.27. The predicted octanol–water partition coefficient (Wildman–Crippen LogP) is 2.23. The van der Waals surface area contributed by atoms with Crippen molar-refractivity contribution in [3.63, 3.8) is 0 Å². The van der Waals surface area contributed by atoms with Gasteiger partial charge in [-0.1, -0.05) is 6.07 Å². The molecule has 4 rings (SSSR count). The third-order valence-electron chi connectivity index (χ3n) is 5.00. The largest absolute Gasteiger partial charge is 0.340 e. The maximum atomic E-state index is 12.6. The summed E-state index contributed by atoms with van der Waals surface area (Å²) in [4.78, 5) is 23.7. The number of piperidine rings is 1. The third-order valence-corrected chi connectivity index (χ3v) is 5.00. The lowest BCUT2D eigenvalue weighted by Gasteiger charge is -2.36. The SMILES string of the molecule is CC(C)(N)C(=O)N1CCCC(c2cccc(-c3cnn4cccnc34)n2)C1. The zero-order valence-electron chi connectivity index (χ0n) is 15.7. The predicted molar refractivity (Wildman–Crippen MR) is 103 cm³/mol. The van der Waals surface area contributed by atoms with E-state index in [0.29, 0.717) is 6.54 Å². The molecule has 1 aliphatic heterocycles. The van der Waals surface area contributed by atoms with E-state index in [1.54, 1.807) is 30.8 Å². The molecule has 0 radical (unpaired) electrons. The summed E-state index contributed by atoms with van der Waals surface area (Å²) in [6.07, 6.45) is 7.38.